The molecule has 13 heteroatoms. The second kappa shape index (κ2) is 9.97. The summed E-state index contributed by atoms with van der Waals surface area (Å²) in [6, 6.07) is 0. The van der Waals surface area contributed by atoms with Gasteiger partial charge in [-0.05, 0) is 24.6 Å². The third kappa shape index (κ3) is 4.45. The van der Waals surface area contributed by atoms with E-state index in [4.69, 9.17) is 23.7 Å². The van der Waals surface area contributed by atoms with Crippen molar-refractivity contribution < 1.29 is 63.3 Å². The molecule has 11 atom stereocenters. The van der Waals surface area contributed by atoms with E-state index in [0.29, 0.717) is 0 Å². The van der Waals surface area contributed by atoms with Crippen molar-refractivity contribution in [2.45, 2.75) is 82.4 Å². The molecule has 39 heavy (non-hydrogen) atoms. The minimum absolute atomic E-state index is 0.153. The number of hydrogen-bond acceptors (Lipinski definition) is 13. The van der Waals surface area contributed by atoms with E-state index in [1.807, 2.05) is 0 Å². The molecule has 4 rings (SSSR count). The lowest BCUT2D eigenvalue weighted by atomic mass is 9.51. The Labute approximate surface area is 224 Å². The fraction of sp³-hybridized carbons (Fsp3) is 0.692. The van der Waals surface area contributed by atoms with Crippen LogP contribution in [0.15, 0.2) is 23.8 Å². The summed E-state index contributed by atoms with van der Waals surface area (Å²) < 4.78 is 27.9. The highest BCUT2D eigenvalue weighted by Gasteiger charge is 2.79. The zero-order valence-electron chi connectivity index (χ0n) is 22.2. The topological polar surface area (TPSA) is 199 Å². The minimum Gasteiger partial charge on any atom is -0.459 e. The zero-order chi connectivity index (χ0) is 29.1. The predicted octanol–water partition coefficient (Wildman–Crippen LogP) is -1.31. The third-order valence-corrected chi connectivity index (χ3v) is 8.47. The van der Waals surface area contributed by atoms with E-state index < -0.39 is 95.6 Å². The second-order valence-corrected chi connectivity index (χ2v) is 10.8. The van der Waals surface area contributed by atoms with Crippen molar-refractivity contribution in [1.29, 1.82) is 0 Å². The van der Waals surface area contributed by atoms with Crippen LogP contribution < -0.4 is 0 Å². The first kappa shape index (κ1) is 29.2. The molecule has 3 fully saturated rings. The van der Waals surface area contributed by atoms with E-state index in [9.17, 15) is 39.6 Å². The first-order chi connectivity index (χ1) is 18.1. The maximum Gasteiger partial charge on any atom is 0.312 e. The minimum atomic E-state index is -2.30. The Hall–Kier alpha value is -2.84. The van der Waals surface area contributed by atoms with Crippen molar-refractivity contribution in [3.05, 3.63) is 23.8 Å². The van der Waals surface area contributed by atoms with Crippen molar-refractivity contribution in [1.82, 2.24) is 0 Å². The standard InChI is InChI=1S/C26H34O13/c1-11-23(33)39-17-8-15(9-27)6-7-16(36-12(2)28)24(5)19(22(26(11,17)34)38-14(4)30)25(10-35-25)21(32)18(20(24)31)37-13(3)29/h6-8,11,16-22,27,31-32,34H,9-10H2,1-5H3. The molecule has 4 aliphatic rings. The maximum atomic E-state index is 12.8. The number of fused-ring (bicyclic) bond motifs is 3. The second-order valence-electron chi connectivity index (χ2n) is 10.8. The quantitative estimate of drug-likeness (QED) is 0.182. The monoisotopic (exact) mass is 554 g/mol. The summed E-state index contributed by atoms with van der Waals surface area (Å²) in [5.74, 6) is -5.93. The van der Waals surface area contributed by atoms with Crippen LogP contribution >= 0.6 is 0 Å². The summed E-state index contributed by atoms with van der Waals surface area (Å²) in [5.41, 5.74) is -5.61. The smallest absolute Gasteiger partial charge is 0.312 e. The highest BCUT2D eigenvalue weighted by molar-refractivity contribution is 5.78. The number of aliphatic hydroxyl groups excluding tert-OH is 3. The van der Waals surface area contributed by atoms with Gasteiger partial charge in [-0.1, -0.05) is 13.0 Å². The number of hydrogen-bond donors (Lipinski definition) is 4. The van der Waals surface area contributed by atoms with Gasteiger partial charge in [0.25, 0.3) is 0 Å². The molecule has 2 aliphatic heterocycles. The van der Waals surface area contributed by atoms with Crippen molar-refractivity contribution in [3.63, 3.8) is 0 Å². The van der Waals surface area contributed by atoms with Gasteiger partial charge in [0.15, 0.2) is 17.8 Å². The molecular formula is C26H34O13. The van der Waals surface area contributed by atoms with Gasteiger partial charge in [-0.2, -0.15) is 0 Å². The molecule has 13 nitrogen and oxygen atoms in total. The molecule has 0 radical (unpaired) electrons. The number of ether oxygens (including phenoxy) is 5. The molecule has 1 spiro atoms. The van der Waals surface area contributed by atoms with Gasteiger partial charge in [0.05, 0.1) is 19.1 Å². The van der Waals surface area contributed by atoms with Crippen molar-refractivity contribution in [3.8, 4) is 0 Å². The van der Waals surface area contributed by atoms with Gasteiger partial charge in [0.2, 0.25) is 0 Å². The van der Waals surface area contributed by atoms with E-state index >= 15 is 0 Å². The predicted molar refractivity (Wildman–Crippen MR) is 127 cm³/mol. The van der Waals surface area contributed by atoms with Crippen molar-refractivity contribution in [2.75, 3.05) is 13.2 Å². The van der Waals surface area contributed by atoms with Crippen LogP contribution in [0.3, 0.4) is 0 Å². The number of rotatable bonds is 4. The summed E-state index contributed by atoms with van der Waals surface area (Å²) in [6.07, 6.45) is -5.47. The molecule has 2 saturated heterocycles. The van der Waals surface area contributed by atoms with Gasteiger partial charge >= 0.3 is 23.9 Å². The normalized spacial score (nSPS) is 44.8. The molecule has 11 unspecified atom stereocenters. The van der Waals surface area contributed by atoms with Crippen LogP contribution in [0, 0.1) is 17.3 Å². The van der Waals surface area contributed by atoms with Crippen molar-refractivity contribution in [2.24, 2.45) is 17.3 Å². The molecular weight excluding hydrogens is 520 g/mol. The van der Waals surface area contributed by atoms with Crippen molar-refractivity contribution >= 4 is 23.9 Å². The Kier molecular flexibility index (Phi) is 7.45. The Morgan fingerprint density at radius 1 is 1.05 bits per heavy atom. The fourth-order valence-corrected chi connectivity index (χ4v) is 6.44. The van der Waals surface area contributed by atoms with Gasteiger partial charge in [-0.15, -0.1) is 0 Å². The molecule has 2 aliphatic carbocycles. The van der Waals surface area contributed by atoms with Gasteiger partial charge in [-0.3, -0.25) is 19.2 Å². The average molecular weight is 555 g/mol. The number of esters is 4. The summed E-state index contributed by atoms with van der Waals surface area (Å²) >= 11 is 0. The van der Waals surface area contributed by atoms with Crippen LogP contribution in [0.1, 0.15) is 34.6 Å². The largest absolute Gasteiger partial charge is 0.459 e. The number of epoxide rings is 1. The van der Waals surface area contributed by atoms with Crippen LogP contribution in [-0.2, 0) is 42.9 Å². The summed E-state index contributed by atoms with van der Waals surface area (Å²) in [5, 5.41) is 45.5. The Balaban J connectivity index is 2.06. The van der Waals surface area contributed by atoms with Crippen LogP contribution in [0.5, 0.6) is 0 Å². The molecule has 2 heterocycles. The van der Waals surface area contributed by atoms with E-state index in [2.05, 4.69) is 0 Å². The molecule has 0 aromatic carbocycles. The lowest BCUT2D eigenvalue weighted by Gasteiger charge is -2.58. The van der Waals surface area contributed by atoms with Gasteiger partial charge in [-0.25, -0.2) is 0 Å². The molecule has 4 N–H and O–H groups in total. The Morgan fingerprint density at radius 2 is 1.64 bits per heavy atom. The first-order valence-corrected chi connectivity index (χ1v) is 12.6. The first-order valence-electron chi connectivity index (χ1n) is 12.6. The fourth-order valence-electron chi connectivity index (χ4n) is 6.44. The highest BCUT2D eigenvalue weighted by Crippen LogP contribution is 2.61. The molecule has 0 bridgehead atoms. The molecule has 1 saturated carbocycles. The van der Waals surface area contributed by atoms with Gasteiger partial charge < -0.3 is 44.1 Å². The zero-order valence-corrected chi connectivity index (χ0v) is 22.2. The Morgan fingerprint density at radius 3 is 2.15 bits per heavy atom. The lowest BCUT2D eigenvalue weighted by Crippen LogP contribution is -2.75. The average Bonchev–Trinajstić information content (AvgIpc) is 3.61. The van der Waals surface area contributed by atoms with Crippen LogP contribution in [-0.4, -0.2) is 105 Å². The third-order valence-electron chi connectivity index (χ3n) is 8.47. The van der Waals surface area contributed by atoms with E-state index in [1.165, 1.54) is 32.1 Å². The van der Waals surface area contributed by atoms with Gasteiger partial charge in [0, 0.05) is 32.1 Å². The van der Waals surface area contributed by atoms with Crippen LogP contribution in [0.4, 0.5) is 0 Å². The lowest BCUT2D eigenvalue weighted by molar-refractivity contribution is -0.273. The summed E-state index contributed by atoms with van der Waals surface area (Å²) in [4.78, 5) is 49.5. The molecule has 216 valence electrons. The van der Waals surface area contributed by atoms with Crippen LogP contribution in [0.2, 0.25) is 0 Å². The number of carbonyl (C=O) groups is 4. The maximum absolute atomic E-state index is 12.8. The van der Waals surface area contributed by atoms with Gasteiger partial charge in [0.1, 0.15) is 30.0 Å². The van der Waals surface area contributed by atoms with Crippen LogP contribution in [0.25, 0.3) is 0 Å². The molecule has 0 aromatic heterocycles. The number of aliphatic hydroxyl groups is 4. The number of carbonyl (C=O) groups excluding carboxylic acids is 4. The Bertz CT molecular complexity index is 1110. The summed E-state index contributed by atoms with van der Waals surface area (Å²) in [6.45, 7) is 5.36. The van der Waals surface area contributed by atoms with E-state index in [1.54, 1.807) is 0 Å². The van der Waals surface area contributed by atoms with E-state index in [-0.39, 0.29) is 12.2 Å². The molecule has 0 amide bonds. The summed E-state index contributed by atoms with van der Waals surface area (Å²) in [7, 11) is 0. The SMILES string of the molecule is CC(=O)OC1C(O)C2(CO2)C2C(OC(C)=O)C3(O)C(C=C(CO)C=CC(OC(C)=O)C2(C)C1O)OC(=O)C3C. The molecule has 0 aromatic rings. The van der Waals surface area contributed by atoms with E-state index in [0.717, 1.165) is 20.8 Å². The highest BCUT2D eigenvalue weighted by atomic mass is 16.6.